The van der Waals surface area contributed by atoms with Gasteiger partial charge < -0.3 is 10.6 Å². The highest BCUT2D eigenvalue weighted by Crippen LogP contribution is 2.29. The Morgan fingerprint density at radius 3 is 2.56 bits per heavy atom. The fourth-order valence-corrected chi connectivity index (χ4v) is 2.21. The van der Waals surface area contributed by atoms with Crippen LogP contribution in [0.1, 0.15) is 24.0 Å². The highest BCUT2D eigenvalue weighted by molar-refractivity contribution is 5.27. The van der Waals surface area contributed by atoms with Crippen LogP contribution in [0, 0.1) is 5.92 Å². The van der Waals surface area contributed by atoms with E-state index in [0.29, 0.717) is 0 Å². The first kappa shape index (κ1) is 11.6. The summed E-state index contributed by atoms with van der Waals surface area (Å²) in [7, 11) is 2.22. The molecule has 0 radical (unpaired) electrons. The third kappa shape index (κ3) is 3.32. The molecule has 0 atom stereocenters. The third-order valence-electron chi connectivity index (χ3n) is 3.24. The van der Waals surface area contributed by atoms with Gasteiger partial charge in [0, 0.05) is 13.1 Å². The van der Waals surface area contributed by atoms with Gasteiger partial charge in [0.25, 0.3) is 0 Å². The summed E-state index contributed by atoms with van der Waals surface area (Å²) in [4.78, 5) is 2.44. The molecule has 0 unspecified atom stereocenters. The number of nitrogens with zero attached hydrogens (tertiary/aromatic N) is 1. The summed E-state index contributed by atoms with van der Waals surface area (Å²) in [6.45, 7) is 3.05. The molecule has 0 saturated heterocycles. The van der Waals surface area contributed by atoms with Crippen LogP contribution < -0.4 is 5.73 Å². The van der Waals surface area contributed by atoms with Gasteiger partial charge in [-0.05, 0) is 49.9 Å². The maximum absolute atomic E-state index is 5.64. The summed E-state index contributed by atoms with van der Waals surface area (Å²) in [6, 6.07) is 8.66. The zero-order valence-electron chi connectivity index (χ0n) is 10.2. The van der Waals surface area contributed by atoms with Gasteiger partial charge in [-0.15, -0.1) is 0 Å². The average Bonchev–Trinajstić information content (AvgIpc) is 3.05. The Balaban J connectivity index is 1.95. The van der Waals surface area contributed by atoms with Crippen molar-refractivity contribution in [3.63, 3.8) is 0 Å². The quantitative estimate of drug-likeness (QED) is 0.791. The standard InChI is InChI=1S/C14H22N2/c1-16(10-12-6-7-12)11-14-5-3-2-4-13(14)8-9-15/h2-5,12H,6-11,15H2,1H3. The van der Waals surface area contributed by atoms with E-state index in [2.05, 4.69) is 36.2 Å². The van der Waals surface area contributed by atoms with Crippen LogP contribution >= 0.6 is 0 Å². The van der Waals surface area contributed by atoms with Crippen LogP contribution in [0.3, 0.4) is 0 Å². The fourth-order valence-electron chi connectivity index (χ4n) is 2.21. The molecular formula is C14H22N2. The highest BCUT2D eigenvalue weighted by Gasteiger charge is 2.22. The summed E-state index contributed by atoms with van der Waals surface area (Å²) in [5.74, 6) is 0.965. The Kier molecular flexibility index (Phi) is 3.97. The van der Waals surface area contributed by atoms with E-state index in [9.17, 15) is 0 Å². The van der Waals surface area contributed by atoms with Crippen LogP contribution in [0.25, 0.3) is 0 Å². The second-order valence-corrected chi connectivity index (χ2v) is 4.95. The number of benzene rings is 1. The minimum Gasteiger partial charge on any atom is -0.330 e. The molecule has 2 rings (SSSR count). The molecule has 2 heteroatoms. The maximum atomic E-state index is 5.64. The second-order valence-electron chi connectivity index (χ2n) is 4.95. The van der Waals surface area contributed by atoms with Crippen molar-refractivity contribution in [2.24, 2.45) is 11.7 Å². The van der Waals surface area contributed by atoms with Gasteiger partial charge in [-0.3, -0.25) is 0 Å². The summed E-state index contributed by atoms with van der Waals surface area (Å²) in [5.41, 5.74) is 8.49. The normalized spacial score (nSPS) is 15.7. The Morgan fingerprint density at radius 2 is 1.94 bits per heavy atom. The average molecular weight is 218 g/mol. The lowest BCUT2D eigenvalue weighted by atomic mass is 10.0. The first-order valence-corrected chi connectivity index (χ1v) is 6.25. The largest absolute Gasteiger partial charge is 0.330 e. The van der Waals surface area contributed by atoms with E-state index in [1.807, 2.05) is 0 Å². The zero-order chi connectivity index (χ0) is 11.4. The Bertz CT molecular complexity index is 331. The van der Waals surface area contributed by atoms with Crippen molar-refractivity contribution < 1.29 is 0 Å². The van der Waals surface area contributed by atoms with Gasteiger partial charge in [0.2, 0.25) is 0 Å². The monoisotopic (exact) mass is 218 g/mol. The number of hydrogen-bond donors (Lipinski definition) is 1. The highest BCUT2D eigenvalue weighted by atomic mass is 15.1. The smallest absolute Gasteiger partial charge is 0.0233 e. The van der Waals surface area contributed by atoms with Gasteiger partial charge >= 0.3 is 0 Å². The van der Waals surface area contributed by atoms with Crippen molar-refractivity contribution in [1.82, 2.24) is 4.90 Å². The molecule has 16 heavy (non-hydrogen) atoms. The minimum atomic E-state index is 0.739. The molecule has 1 aliphatic carbocycles. The van der Waals surface area contributed by atoms with Gasteiger partial charge in [0.05, 0.1) is 0 Å². The number of nitrogens with two attached hydrogens (primary N) is 1. The molecule has 1 aromatic rings. The first-order chi connectivity index (χ1) is 7.79. The second kappa shape index (κ2) is 5.46. The molecule has 88 valence electrons. The van der Waals surface area contributed by atoms with Crippen LogP contribution in [-0.4, -0.2) is 25.0 Å². The molecule has 0 aromatic heterocycles. The topological polar surface area (TPSA) is 29.3 Å². The van der Waals surface area contributed by atoms with Gasteiger partial charge in [0.15, 0.2) is 0 Å². The van der Waals surface area contributed by atoms with E-state index in [1.165, 1.54) is 30.5 Å². The Morgan fingerprint density at radius 1 is 1.25 bits per heavy atom. The Labute approximate surface area is 98.4 Å². The van der Waals surface area contributed by atoms with Crippen LogP contribution in [0.2, 0.25) is 0 Å². The lowest BCUT2D eigenvalue weighted by Crippen LogP contribution is -2.21. The molecule has 1 aromatic carbocycles. The molecule has 0 heterocycles. The Hall–Kier alpha value is -0.860. The van der Waals surface area contributed by atoms with Crippen LogP contribution in [0.5, 0.6) is 0 Å². The summed E-state index contributed by atoms with van der Waals surface area (Å²) in [6.07, 6.45) is 3.84. The summed E-state index contributed by atoms with van der Waals surface area (Å²) in [5, 5.41) is 0. The van der Waals surface area contributed by atoms with Crippen LogP contribution in [0.4, 0.5) is 0 Å². The predicted octanol–water partition coefficient (Wildman–Crippen LogP) is 2.03. The zero-order valence-corrected chi connectivity index (χ0v) is 10.2. The fraction of sp³-hybridized carbons (Fsp3) is 0.571. The van der Waals surface area contributed by atoms with Crippen molar-refractivity contribution in [3.8, 4) is 0 Å². The van der Waals surface area contributed by atoms with Crippen LogP contribution in [-0.2, 0) is 13.0 Å². The molecule has 0 amide bonds. The van der Waals surface area contributed by atoms with Crippen molar-refractivity contribution >= 4 is 0 Å². The lowest BCUT2D eigenvalue weighted by Gasteiger charge is -2.18. The first-order valence-electron chi connectivity index (χ1n) is 6.25. The van der Waals surface area contributed by atoms with E-state index < -0.39 is 0 Å². The van der Waals surface area contributed by atoms with Crippen molar-refractivity contribution in [2.75, 3.05) is 20.1 Å². The summed E-state index contributed by atoms with van der Waals surface area (Å²) < 4.78 is 0. The van der Waals surface area contributed by atoms with Crippen LogP contribution in [0.15, 0.2) is 24.3 Å². The molecule has 1 fully saturated rings. The minimum absolute atomic E-state index is 0.739. The number of hydrogen-bond acceptors (Lipinski definition) is 2. The van der Waals surface area contributed by atoms with E-state index in [1.54, 1.807) is 0 Å². The van der Waals surface area contributed by atoms with Crippen molar-refractivity contribution in [1.29, 1.82) is 0 Å². The molecule has 1 aliphatic rings. The maximum Gasteiger partial charge on any atom is 0.0233 e. The lowest BCUT2D eigenvalue weighted by molar-refractivity contribution is 0.312. The van der Waals surface area contributed by atoms with E-state index in [4.69, 9.17) is 5.73 Å². The van der Waals surface area contributed by atoms with Gasteiger partial charge in [0.1, 0.15) is 0 Å². The third-order valence-corrected chi connectivity index (χ3v) is 3.24. The predicted molar refractivity (Wildman–Crippen MR) is 68.3 cm³/mol. The summed E-state index contributed by atoms with van der Waals surface area (Å²) >= 11 is 0. The SMILES string of the molecule is CN(Cc1ccccc1CCN)CC1CC1. The van der Waals surface area contributed by atoms with E-state index in [-0.39, 0.29) is 0 Å². The van der Waals surface area contributed by atoms with Gasteiger partial charge in [-0.2, -0.15) is 0 Å². The molecule has 0 aliphatic heterocycles. The van der Waals surface area contributed by atoms with Crippen molar-refractivity contribution in [2.45, 2.75) is 25.8 Å². The van der Waals surface area contributed by atoms with Crippen molar-refractivity contribution in [3.05, 3.63) is 35.4 Å². The molecule has 1 saturated carbocycles. The molecular weight excluding hydrogens is 196 g/mol. The number of rotatable bonds is 6. The molecule has 2 N–H and O–H groups in total. The molecule has 0 bridgehead atoms. The van der Waals surface area contributed by atoms with E-state index >= 15 is 0 Å². The van der Waals surface area contributed by atoms with Gasteiger partial charge in [-0.25, -0.2) is 0 Å². The van der Waals surface area contributed by atoms with E-state index in [0.717, 1.165) is 25.4 Å². The molecule has 0 spiro atoms. The molecule has 2 nitrogen and oxygen atoms in total. The van der Waals surface area contributed by atoms with Gasteiger partial charge in [-0.1, -0.05) is 24.3 Å².